The van der Waals surface area contributed by atoms with Gasteiger partial charge < -0.3 is 14.6 Å². The smallest absolute Gasteiger partial charge is 0.322 e. The third kappa shape index (κ3) is 3.98. The Labute approximate surface area is 137 Å². The Hall–Kier alpha value is -2.60. The second-order valence-corrected chi connectivity index (χ2v) is 5.76. The summed E-state index contributed by atoms with van der Waals surface area (Å²) < 4.78 is 19.0. The highest BCUT2D eigenvalue weighted by Crippen LogP contribution is 2.17. The Kier molecular flexibility index (Phi) is 4.73. The number of thiophene rings is 1. The lowest BCUT2D eigenvalue weighted by Crippen LogP contribution is -2.34. The fourth-order valence-electron chi connectivity index (χ4n) is 2.15. The second-order valence-electron chi connectivity index (χ2n) is 4.98. The molecular weight excluding hydrogens is 315 g/mol. The highest BCUT2D eigenvalue weighted by Gasteiger charge is 2.17. The van der Waals surface area contributed by atoms with Gasteiger partial charge in [0.15, 0.2) is 0 Å². The Balaban J connectivity index is 1.76. The van der Waals surface area contributed by atoms with Crippen molar-refractivity contribution in [2.24, 2.45) is 0 Å². The molecule has 4 nitrogen and oxygen atoms in total. The molecule has 2 amide bonds. The molecule has 0 unspecified atom stereocenters. The van der Waals surface area contributed by atoms with Crippen molar-refractivity contribution in [2.75, 3.05) is 5.32 Å². The van der Waals surface area contributed by atoms with Gasteiger partial charge >= 0.3 is 6.03 Å². The summed E-state index contributed by atoms with van der Waals surface area (Å²) in [5.74, 6) is 0.207. The maximum absolute atomic E-state index is 13.7. The number of urea groups is 1. The highest BCUT2D eigenvalue weighted by atomic mass is 32.1. The molecule has 0 atom stereocenters. The van der Waals surface area contributed by atoms with Gasteiger partial charge in [-0.15, -0.1) is 0 Å². The first-order valence-corrected chi connectivity index (χ1v) is 8.00. The van der Waals surface area contributed by atoms with Crippen LogP contribution in [0.1, 0.15) is 11.3 Å². The zero-order chi connectivity index (χ0) is 16.1. The Morgan fingerprint density at radius 3 is 2.74 bits per heavy atom. The van der Waals surface area contributed by atoms with Crippen molar-refractivity contribution in [1.82, 2.24) is 4.90 Å². The number of benzene rings is 1. The van der Waals surface area contributed by atoms with E-state index < -0.39 is 5.82 Å². The van der Waals surface area contributed by atoms with Gasteiger partial charge in [0, 0.05) is 6.54 Å². The largest absolute Gasteiger partial charge is 0.467 e. The van der Waals surface area contributed by atoms with Crippen LogP contribution in [0.2, 0.25) is 0 Å². The minimum atomic E-state index is -0.464. The molecule has 1 N–H and O–H groups in total. The molecule has 0 aliphatic heterocycles. The van der Waals surface area contributed by atoms with Crippen LogP contribution in [0.15, 0.2) is 63.9 Å². The van der Waals surface area contributed by atoms with Gasteiger partial charge in [0.25, 0.3) is 0 Å². The van der Waals surface area contributed by atoms with Gasteiger partial charge in [0.05, 0.1) is 18.5 Å². The van der Waals surface area contributed by atoms with Crippen LogP contribution in [0.25, 0.3) is 0 Å². The number of carbonyl (C=O) groups is 1. The van der Waals surface area contributed by atoms with E-state index in [1.807, 2.05) is 16.8 Å². The summed E-state index contributed by atoms with van der Waals surface area (Å²) in [7, 11) is 0. The molecule has 0 bridgehead atoms. The summed E-state index contributed by atoms with van der Waals surface area (Å²) in [4.78, 5) is 14.1. The van der Waals surface area contributed by atoms with Crippen molar-refractivity contribution in [3.8, 4) is 0 Å². The zero-order valence-electron chi connectivity index (χ0n) is 12.2. The molecule has 6 heteroatoms. The summed E-state index contributed by atoms with van der Waals surface area (Å²) in [5, 5.41) is 6.54. The third-order valence-electron chi connectivity index (χ3n) is 3.28. The number of anilines is 1. The van der Waals surface area contributed by atoms with Gasteiger partial charge in [-0.3, -0.25) is 0 Å². The maximum atomic E-state index is 13.7. The predicted octanol–water partition coefficient (Wildman–Crippen LogP) is 4.71. The van der Waals surface area contributed by atoms with Gasteiger partial charge in [0.1, 0.15) is 11.6 Å². The number of rotatable bonds is 5. The molecule has 0 spiro atoms. The summed E-state index contributed by atoms with van der Waals surface area (Å²) in [6.07, 6.45) is 1.56. The SMILES string of the molecule is O=C(Nc1ccccc1F)N(Cc1ccsc1)Cc1ccco1. The topological polar surface area (TPSA) is 45.5 Å². The van der Waals surface area contributed by atoms with E-state index in [4.69, 9.17) is 4.42 Å². The summed E-state index contributed by atoms with van der Waals surface area (Å²) >= 11 is 1.57. The molecule has 3 aromatic rings. The fourth-order valence-corrected chi connectivity index (χ4v) is 2.81. The summed E-state index contributed by atoms with van der Waals surface area (Å²) in [6, 6.07) is 11.2. The van der Waals surface area contributed by atoms with Gasteiger partial charge in [-0.25, -0.2) is 9.18 Å². The minimum absolute atomic E-state index is 0.160. The standard InChI is InChI=1S/C17H15FN2O2S/c18-15-5-1-2-6-16(15)19-17(21)20(10-13-7-9-23-12-13)11-14-4-3-8-22-14/h1-9,12H,10-11H2,(H,19,21). The van der Waals surface area contributed by atoms with E-state index in [9.17, 15) is 9.18 Å². The van der Waals surface area contributed by atoms with E-state index >= 15 is 0 Å². The number of hydrogen-bond donors (Lipinski definition) is 1. The minimum Gasteiger partial charge on any atom is -0.467 e. The second kappa shape index (κ2) is 7.11. The lowest BCUT2D eigenvalue weighted by Gasteiger charge is -2.22. The number of furan rings is 1. The van der Waals surface area contributed by atoms with E-state index in [1.165, 1.54) is 12.1 Å². The lowest BCUT2D eigenvalue weighted by molar-refractivity contribution is 0.201. The number of para-hydroxylation sites is 1. The van der Waals surface area contributed by atoms with Crippen molar-refractivity contribution in [3.63, 3.8) is 0 Å². The number of nitrogens with one attached hydrogen (secondary N) is 1. The van der Waals surface area contributed by atoms with Crippen LogP contribution < -0.4 is 5.32 Å². The first kappa shape index (κ1) is 15.3. The summed E-state index contributed by atoms with van der Waals surface area (Å²) in [6.45, 7) is 0.730. The van der Waals surface area contributed by atoms with Crippen molar-refractivity contribution in [2.45, 2.75) is 13.1 Å². The van der Waals surface area contributed by atoms with Crippen LogP contribution in [-0.2, 0) is 13.1 Å². The molecule has 1 aromatic carbocycles. The van der Waals surface area contributed by atoms with Gasteiger partial charge in [-0.05, 0) is 46.7 Å². The number of nitrogens with zero attached hydrogens (tertiary/aromatic N) is 1. The Morgan fingerprint density at radius 2 is 2.04 bits per heavy atom. The van der Waals surface area contributed by atoms with Crippen LogP contribution in [0, 0.1) is 5.82 Å². The average Bonchev–Trinajstić information content (AvgIpc) is 3.22. The van der Waals surface area contributed by atoms with E-state index in [2.05, 4.69) is 5.32 Å². The van der Waals surface area contributed by atoms with E-state index in [-0.39, 0.29) is 11.7 Å². The first-order chi connectivity index (χ1) is 11.2. The quantitative estimate of drug-likeness (QED) is 0.736. The molecule has 0 fully saturated rings. The van der Waals surface area contributed by atoms with Crippen molar-refractivity contribution in [1.29, 1.82) is 0 Å². The Bertz CT molecular complexity index is 721. The molecule has 2 heterocycles. The number of amides is 2. The molecule has 23 heavy (non-hydrogen) atoms. The molecule has 0 saturated carbocycles. The zero-order valence-corrected chi connectivity index (χ0v) is 13.1. The monoisotopic (exact) mass is 330 g/mol. The predicted molar refractivity (Wildman–Crippen MR) is 87.7 cm³/mol. The average molecular weight is 330 g/mol. The normalized spacial score (nSPS) is 10.5. The van der Waals surface area contributed by atoms with Crippen molar-refractivity contribution >= 4 is 23.1 Å². The van der Waals surface area contributed by atoms with Crippen LogP contribution >= 0.6 is 11.3 Å². The van der Waals surface area contributed by atoms with E-state index in [0.29, 0.717) is 18.8 Å². The number of carbonyl (C=O) groups excluding carboxylic acids is 1. The molecule has 118 valence electrons. The molecule has 0 aliphatic rings. The first-order valence-electron chi connectivity index (χ1n) is 7.06. The molecular formula is C17H15FN2O2S. The van der Waals surface area contributed by atoms with Gasteiger partial charge in [0.2, 0.25) is 0 Å². The molecule has 2 aromatic heterocycles. The molecule has 3 rings (SSSR count). The fraction of sp³-hybridized carbons (Fsp3) is 0.118. The maximum Gasteiger partial charge on any atom is 0.322 e. The van der Waals surface area contributed by atoms with Crippen LogP contribution in [0.3, 0.4) is 0 Å². The summed E-state index contributed by atoms with van der Waals surface area (Å²) in [5.41, 5.74) is 1.18. The van der Waals surface area contributed by atoms with Crippen LogP contribution in [0.4, 0.5) is 14.9 Å². The highest BCUT2D eigenvalue weighted by molar-refractivity contribution is 7.07. The van der Waals surface area contributed by atoms with Crippen LogP contribution in [0.5, 0.6) is 0 Å². The van der Waals surface area contributed by atoms with Crippen LogP contribution in [-0.4, -0.2) is 10.9 Å². The van der Waals surface area contributed by atoms with Crippen molar-refractivity contribution < 1.29 is 13.6 Å². The van der Waals surface area contributed by atoms with Gasteiger partial charge in [-0.2, -0.15) is 11.3 Å². The number of hydrogen-bond acceptors (Lipinski definition) is 3. The van der Waals surface area contributed by atoms with Crippen molar-refractivity contribution in [3.05, 3.63) is 76.6 Å². The van der Waals surface area contributed by atoms with Gasteiger partial charge in [-0.1, -0.05) is 12.1 Å². The Morgan fingerprint density at radius 1 is 1.17 bits per heavy atom. The molecule has 0 saturated heterocycles. The van der Waals surface area contributed by atoms with E-state index in [1.54, 1.807) is 46.8 Å². The third-order valence-corrected chi connectivity index (χ3v) is 4.02. The lowest BCUT2D eigenvalue weighted by atomic mass is 10.3. The molecule has 0 radical (unpaired) electrons. The van der Waals surface area contributed by atoms with E-state index in [0.717, 1.165) is 5.56 Å². The number of halogens is 1. The molecule has 0 aliphatic carbocycles.